The number of ether oxygens (including phenoxy) is 2. The maximum Gasteiger partial charge on any atom is 0.472 e. The summed E-state index contributed by atoms with van der Waals surface area (Å²) in [5.74, 6) is -0.329. The highest BCUT2D eigenvalue weighted by Gasteiger charge is 2.25. The van der Waals surface area contributed by atoms with Crippen molar-refractivity contribution in [3.63, 3.8) is 0 Å². The molecule has 2 atom stereocenters. The number of phosphoric ester groups is 1. The second-order valence-electron chi connectivity index (χ2n) is 14.9. The summed E-state index contributed by atoms with van der Waals surface area (Å²) < 4.78 is 33.5. The Morgan fingerprint density at radius 1 is 0.566 bits per heavy atom. The summed E-state index contributed by atoms with van der Waals surface area (Å²) in [5, 5.41) is 0. The predicted molar refractivity (Wildman–Crippen MR) is 224 cm³/mol. The topological polar surface area (TPSA) is 117 Å². The molecule has 3 N–H and O–H groups in total. The Morgan fingerprint density at radius 2 is 1.00 bits per heavy atom. The van der Waals surface area contributed by atoms with E-state index in [2.05, 4.69) is 38.2 Å². The van der Waals surface area contributed by atoms with Gasteiger partial charge in [0.05, 0.1) is 19.8 Å². The summed E-state index contributed by atoms with van der Waals surface area (Å²) in [5.41, 5.74) is 5.37. The molecule has 0 aromatic heterocycles. The third kappa shape index (κ3) is 42.0. The van der Waals surface area contributed by atoms with Crippen molar-refractivity contribution in [3.05, 3.63) is 24.3 Å². The van der Waals surface area contributed by atoms with E-state index in [1.165, 1.54) is 154 Å². The van der Waals surface area contributed by atoms with Gasteiger partial charge in [-0.3, -0.25) is 13.8 Å². The van der Waals surface area contributed by atoms with Crippen molar-refractivity contribution < 1.29 is 32.8 Å². The zero-order valence-electron chi connectivity index (χ0n) is 34.8. The summed E-state index contributed by atoms with van der Waals surface area (Å²) in [6.45, 7) is 4.92. The van der Waals surface area contributed by atoms with E-state index in [1.807, 2.05) is 0 Å². The first-order chi connectivity index (χ1) is 25.9. The van der Waals surface area contributed by atoms with Gasteiger partial charge in [-0.2, -0.15) is 0 Å². The van der Waals surface area contributed by atoms with Crippen molar-refractivity contribution in [2.24, 2.45) is 5.73 Å². The van der Waals surface area contributed by atoms with Gasteiger partial charge in [-0.15, -0.1) is 0 Å². The molecule has 8 nitrogen and oxygen atoms in total. The van der Waals surface area contributed by atoms with Gasteiger partial charge in [-0.1, -0.05) is 186 Å². The van der Waals surface area contributed by atoms with E-state index < -0.39 is 13.9 Å². The first-order valence-corrected chi connectivity index (χ1v) is 23.8. The molecule has 0 aliphatic carbocycles. The number of unbranched alkanes of at least 4 members (excludes halogenated alkanes) is 26. The smallest absolute Gasteiger partial charge is 0.457 e. The van der Waals surface area contributed by atoms with Gasteiger partial charge in [0, 0.05) is 19.6 Å². The van der Waals surface area contributed by atoms with Crippen LogP contribution in [-0.4, -0.2) is 49.9 Å². The van der Waals surface area contributed by atoms with Gasteiger partial charge < -0.3 is 20.1 Å². The quantitative estimate of drug-likeness (QED) is 0.0272. The molecule has 53 heavy (non-hydrogen) atoms. The van der Waals surface area contributed by atoms with Crippen LogP contribution in [0.25, 0.3) is 0 Å². The average molecular weight is 772 g/mol. The van der Waals surface area contributed by atoms with Crippen LogP contribution in [0.4, 0.5) is 0 Å². The molecule has 0 saturated heterocycles. The number of allylic oxidation sites excluding steroid dienone is 4. The minimum Gasteiger partial charge on any atom is -0.457 e. The lowest BCUT2D eigenvalue weighted by atomic mass is 10.0. The van der Waals surface area contributed by atoms with E-state index in [1.54, 1.807) is 0 Å². The van der Waals surface area contributed by atoms with Crippen molar-refractivity contribution in [1.29, 1.82) is 0 Å². The van der Waals surface area contributed by atoms with Crippen LogP contribution in [0.5, 0.6) is 0 Å². The second-order valence-corrected chi connectivity index (χ2v) is 16.4. The van der Waals surface area contributed by atoms with Gasteiger partial charge in [-0.25, -0.2) is 4.57 Å². The molecular weight excluding hydrogens is 685 g/mol. The summed E-state index contributed by atoms with van der Waals surface area (Å²) in [7, 11) is -4.27. The van der Waals surface area contributed by atoms with E-state index in [0.717, 1.165) is 38.5 Å². The molecule has 0 aromatic carbocycles. The van der Waals surface area contributed by atoms with Crippen LogP contribution in [0.2, 0.25) is 0 Å². The summed E-state index contributed by atoms with van der Waals surface area (Å²) in [6, 6.07) is 0. The van der Waals surface area contributed by atoms with E-state index in [9.17, 15) is 14.3 Å². The fourth-order valence-electron chi connectivity index (χ4n) is 6.32. The molecule has 0 radical (unpaired) electrons. The lowest BCUT2D eigenvalue weighted by Crippen LogP contribution is -2.28. The number of hydrogen-bond acceptors (Lipinski definition) is 7. The third-order valence-corrected chi connectivity index (χ3v) is 10.6. The molecule has 314 valence electrons. The Morgan fingerprint density at radius 3 is 1.51 bits per heavy atom. The molecule has 0 heterocycles. The minimum atomic E-state index is -4.27. The molecule has 0 aliphatic rings. The molecule has 0 amide bonds. The monoisotopic (exact) mass is 772 g/mol. The number of esters is 1. The van der Waals surface area contributed by atoms with Gasteiger partial charge in [0.1, 0.15) is 6.10 Å². The average Bonchev–Trinajstić information content (AvgIpc) is 3.15. The van der Waals surface area contributed by atoms with E-state index >= 15 is 0 Å². The summed E-state index contributed by atoms with van der Waals surface area (Å²) in [4.78, 5) is 22.5. The maximum atomic E-state index is 12.6. The lowest BCUT2D eigenvalue weighted by Gasteiger charge is -2.20. The SMILES string of the molecule is CCCCC/C=C\C/C=C\CCCCCCCCCCCCOCC(COP(=O)(O)OCCN)OC(=O)CCCCCCCCCCCCCCCC. The fraction of sp³-hybridized carbons (Fsp3) is 0.886. The van der Waals surface area contributed by atoms with Crippen LogP contribution in [-0.2, 0) is 27.9 Å². The van der Waals surface area contributed by atoms with E-state index in [4.69, 9.17) is 24.3 Å². The van der Waals surface area contributed by atoms with Crippen LogP contribution >= 0.6 is 7.82 Å². The molecule has 0 fully saturated rings. The van der Waals surface area contributed by atoms with Gasteiger partial charge in [-0.05, 0) is 44.9 Å². The number of carbonyl (C=O) groups is 1. The Balaban J connectivity index is 3.97. The van der Waals surface area contributed by atoms with Gasteiger partial charge in [0.25, 0.3) is 0 Å². The Labute approximate surface area is 327 Å². The fourth-order valence-corrected chi connectivity index (χ4v) is 7.09. The lowest BCUT2D eigenvalue weighted by molar-refractivity contribution is -0.154. The normalized spacial score (nSPS) is 13.7. The summed E-state index contributed by atoms with van der Waals surface area (Å²) >= 11 is 0. The Bertz CT molecular complexity index is 869. The van der Waals surface area contributed by atoms with Crippen molar-refractivity contribution in [3.8, 4) is 0 Å². The van der Waals surface area contributed by atoms with Gasteiger partial charge in [0.2, 0.25) is 0 Å². The number of nitrogens with two attached hydrogens (primary N) is 1. The van der Waals surface area contributed by atoms with Gasteiger partial charge >= 0.3 is 13.8 Å². The largest absolute Gasteiger partial charge is 0.472 e. The number of hydrogen-bond donors (Lipinski definition) is 2. The second kappa shape index (κ2) is 42.1. The van der Waals surface area contributed by atoms with E-state index in [0.29, 0.717) is 13.0 Å². The zero-order valence-corrected chi connectivity index (χ0v) is 35.7. The molecular formula is C44H86NO7P. The van der Waals surface area contributed by atoms with Crippen molar-refractivity contribution in [1.82, 2.24) is 0 Å². The Kier molecular flexibility index (Phi) is 41.3. The van der Waals surface area contributed by atoms with Crippen LogP contribution in [0.3, 0.4) is 0 Å². The minimum absolute atomic E-state index is 0.0938. The first kappa shape index (κ1) is 52.0. The molecule has 2 unspecified atom stereocenters. The predicted octanol–water partition coefficient (Wildman–Crippen LogP) is 13.3. The van der Waals surface area contributed by atoms with Crippen LogP contribution in [0, 0.1) is 0 Å². The van der Waals surface area contributed by atoms with Crippen molar-refractivity contribution >= 4 is 13.8 Å². The van der Waals surface area contributed by atoms with Crippen LogP contribution < -0.4 is 5.73 Å². The molecule has 0 aromatic rings. The first-order valence-electron chi connectivity index (χ1n) is 22.3. The van der Waals surface area contributed by atoms with Crippen molar-refractivity contribution in [2.45, 2.75) is 219 Å². The Hall–Kier alpha value is -1.02. The molecule has 9 heteroatoms. The molecule has 0 saturated carbocycles. The highest BCUT2D eigenvalue weighted by molar-refractivity contribution is 7.47. The zero-order chi connectivity index (χ0) is 38.8. The van der Waals surface area contributed by atoms with Crippen LogP contribution in [0.1, 0.15) is 213 Å². The van der Waals surface area contributed by atoms with E-state index in [-0.39, 0.29) is 32.3 Å². The highest BCUT2D eigenvalue weighted by Crippen LogP contribution is 2.43. The van der Waals surface area contributed by atoms with Crippen LogP contribution in [0.15, 0.2) is 24.3 Å². The number of carbonyl (C=O) groups excluding carboxylic acids is 1. The third-order valence-electron chi connectivity index (χ3n) is 9.62. The molecule has 0 rings (SSSR count). The summed E-state index contributed by atoms with van der Waals surface area (Å²) in [6.07, 6.45) is 46.2. The van der Waals surface area contributed by atoms with Gasteiger partial charge in [0.15, 0.2) is 0 Å². The molecule has 0 spiro atoms. The molecule has 0 aliphatic heterocycles. The maximum absolute atomic E-state index is 12.6. The number of rotatable bonds is 43. The highest BCUT2D eigenvalue weighted by atomic mass is 31.2. The molecule has 0 bridgehead atoms. The number of phosphoric acid groups is 1. The van der Waals surface area contributed by atoms with Crippen molar-refractivity contribution in [2.75, 3.05) is 33.0 Å². The standard InChI is InChI=1S/C44H86NO7P/c1-3-5-7-9-11-13-15-17-19-20-21-22-23-24-26-28-30-32-34-36-39-49-41-43(42-51-53(47,48)50-40-38-45)52-44(46)37-35-33-31-29-27-25-18-16-14-12-10-8-6-4-2/h11,13,17,19,43H,3-10,12,14-16,18,20-42,45H2,1-2H3,(H,47,48)/b13-11-,19-17-.